The molecule has 1 heteroatoms. The topological polar surface area (TPSA) is 3.24 Å². The van der Waals surface area contributed by atoms with Crippen LogP contribution in [0.2, 0.25) is 0 Å². The third-order valence-corrected chi connectivity index (χ3v) is 5.67. The van der Waals surface area contributed by atoms with Crippen LogP contribution in [0.1, 0.15) is 44.9 Å². The molecule has 1 heterocycles. The summed E-state index contributed by atoms with van der Waals surface area (Å²) in [5, 5.41) is 0. The molecule has 5 atom stereocenters. The van der Waals surface area contributed by atoms with Gasteiger partial charge in [0.15, 0.2) is 0 Å². The molecule has 1 nitrogen and oxygen atoms in total. The standard InChI is InChI=1S/C17H27N/c1-3-13-8-11-17-15(12-13)10-9-14-6-4-5-7-16(14)18(17)2/h3,9-10,13-17H,1,4-8,11-12H2,2H3. The van der Waals surface area contributed by atoms with Crippen molar-refractivity contribution < 1.29 is 0 Å². The predicted molar refractivity (Wildman–Crippen MR) is 77.5 cm³/mol. The zero-order chi connectivity index (χ0) is 12.5. The van der Waals surface area contributed by atoms with Gasteiger partial charge in [0.1, 0.15) is 0 Å². The summed E-state index contributed by atoms with van der Waals surface area (Å²) in [6.45, 7) is 4.00. The van der Waals surface area contributed by atoms with Crippen molar-refractivity contribution in [1.29, 1.82) is 0 Å². The first-order valence-electron chi connectivity index (χ1n) is 7.82. The number of nitrogens with zero attached hydrogens (tertiary/aromatic N) is 1. The van der Waals surface area contributed by atoms with Crippen molar-refractivity contribution in [2.45, 2.75) is 57.0 Å². The Morgan fingerprint density at radius 3 is 2.56 bits per heavy atom. The molecule has 2 saturated carbocycles. The fourth-order valence-corrected chi connectivity index (χ4v) is 4.55. The van der Waals surface area contributed by atoms with E-state index in [1.165, 1.54) is 44.9 Å². The van der Waals surface area contributed by atoms with Gasteiger partial charge in [0.05, 0.1) is 0 Å². The van der Waals surface area contributed by atoms with Crippen LogP contribution in [0.4, 0.5) is 0 Å². The van der Waals surface area contributed by atoms with E-state index in [9.17, 15) is 0 Å². The Labute approximate surface area is 112 Å². The molecule has 18 heavy (non-hydrogen) atoms. The van der Waals surface area contributed by atoms with Crippen LogP contribution in [-0.4, -0.2) is 24.0 Å². The van der Waals surface area contributed by atoms with Gasteiger partial charge in [-0.1, -0.05) is 31.1 Å². The van der Waals surface area contributed by atoms with Gasteiger partial charge in [-0.2, -0.15) is 0 Å². The summed E-state index contributed by atoms with van der Waals surface area (Å²) < 4.78 is 0. The Morgan fingerprint density at radius 1 is 1.00 bits per heavy atom. The van der Waals surface area contributed by atoms with Crippen LogP contribution in [-0.2, 0) is 0 Å². The summed E-state index contributed by atoms with van der Waals surface area (Å²) in [5.41, 5.74) is 0. The second-order valence-corrected chi connectivity index (χ2v) is 6.61. The van der Waals surface area contributed by atoms with Gasteiger partial charge in [-0.25, -0.2) is 0 Å². The molecular weight excluding hydrogens is 218 g/mol. The maximum Gasteiger partial charge on any atom is 0.0159 e. The highest BCUT2D eigenvalue weighted by atomic mass is 15.2. The maximum atomic E-state index is 4.00. The van der Waals surface area contributed by atoms with E-state index in [0.29, 0.717) is 0 Å². The second-order valence-electron chi connectivity index (χ2n) is 6.61. The third-order valence-electron chi connectivity index (χ3n) is 5.67. The molecule has 100 valence electrons. The van der Waals surface area contributed by atoms with E-state index in [-0.39, 0.29) is 0 Å². The Balaban J connectivity index is 1.80. The zero-order valence-corrected chi connectivity index (χ0v) is 11.7. The summed E-state index contributed by atoms with van der Waals surface area (Å²) in [7, 11) is 2.39. The van der Waals surface area contributed by atoms with E-state index in [0.717, 1.165) is 29.8 Å². The van der Waals surface area contributed by atoms with Gasteiger partial charge in [0, 0.05) is 12.1 Å². The van der Waals surface area contributed by atoms with Gasteiger partial charge in [-0.05, 0) is 56.9 Å². The van der Waals surface area contributed by atoms with E-state index in [1.807, 2.05) is 0 Å². The van der Waals surface area contributed by atoms with Crippen molar-refractivity contribution in [3.63, 3.8) is 0 Å². The van der Waals surface area contributed by atoms with E-state index in [2.05, 4.69) is 36.8 Å². The molecule has 0 N–H and O–H groups in total. The highest BCUT2D eigenvalue weighted by molar-refractivity contribution is 5.09. The molecule has 1 aliphatic heterocycles. The zero-order valence-electron chi connectivity index (χ0n) is 11.7. The monoisotopic (exact) mass is 245 g/mol. The molecule has 5 unspecified atom stereocenters. The average molecular weight is 245 g/mol. The molecule has 0 aromatic rings. The first-order valence-corrected chi connectivity index (χ1v) is 7.82. The molecule has 2 aliphatic carbocycles. The summed E-state index contributed by atoms with van der Waals surface area (Å²) in [6, 6.07) is 1.62. The number of fused-ring (bicyclic) bond motifs is 2. The minimum atomic E-state index is 0.754. The van der Waals surface area contributed by atoms with E-state index < -0.39 is 0 Å². The van der Waals surface area contributed by atoms with Gasteiger partial charge in [0.25, 0.3) is 0 Å². The van der Waals surface area contributed by atoms with Gasteiger partial charge < -0.3 is 0 Å². The average Bonchev–Trinajstić information content (AvgIpc) is 2.57. The normalized spacial score (nSPS) is 44.8. The summed E-state index contributed by atoms with van der Waals surface area (Å²) in [5.74, 6) is 2.36. The summed E-state index contributed by atoms with van der Waals surface area (Å²) in [4.78, 5) is 2.74. The van der Waals surface area contributed by atoms with Gasteiger partial charge >= 0.3 is 0 Å². The van der Waals surface area contributed by atoms with E-state index >= 15 is 0 Å². The number of hydrogen-bond acceptors (Lipinski definition) is 1. The fourth-order valence-electron chi connectivity index (χ4n) is 4.55. The van der Waals surface area contributed by atoms with Crippen LogP contribution in [0.3, 0.4) is 0 Å². The van der Waals surface area contributed by atoms with Crippen LogP contribution in [0.15, 0.2) is 24.8 Å². The second kappa shape index (κ2) is 5.21. The van der Waals surface area contributed by atoms with Crippen molar-refractivity contribution in [2.24, 2.45) is 17.8 Å². The molecule has 0 saturated heterocycles. The Kier molecular flexibility index (Phi) is 3.61. The van der Waals surface area contributed by atoms with E-state index in [1.54, 1.807) is 0 Å². The molecule has 2 fully saturated rings. The lowest BCUT2D eigenvalue weighted by Gasteiger charge is -2.44. The maximum absolute atomic E-state index is 4.00. The SMILES string of the molecule is C=CC1CCC2C(C=CC3CCCCC3N2C)C1. The molecule has 3 rings (SSSR count). The van der Waals surface area contributed by atoms with Crippen molar-refractivity contribution in [2.75, 3.05) is 7.05 Å². The fraction of sp³-hybridized carbons (Fsp3) is 0.765. The Bertz CT molecular complexity index is 333. The molecule has 0 radical (unpaired) electrons. The smallest absolute Gasteiger partial charge is 0.0159 e. The van der Waals surface area contributed by atoms with Crippen molar-refractivity contribution in [3.8, 4) is 0 Å². The molecule has 0 bridgehead atoms. The van der Waals surface area contributed by atoms with Crippen LogP contribution < -0.4 is 0 Å². The highest BCUT2D eigenvalue weighted by Gasteiger charge is 2.38. The number of allylic oxidation sites excluding steroid dienone is 1. The minimum absolute atomic E-state index is 0.754. The van der Waals surface area contributed by atoms with Gasteiger partial charge in [0.2, 0.25) is 0 Å². The number of hydrogen-bond donors (Lipinski definition) is 0. The molecule has 0 aromatic heterocycles. The largest absolute Gasteiger partial charge is 0.299 e. The third kappa shape index (κ3) is 2.18. The molecule has 0 aromatic carbocycles. The van der Waals surface area contributed by atoms with Crippen LogP contribution in [0.5, 0.6) is 0 Å². The Morgan fingerprint density at radius 2 is 1.72 bits per heavy atom. The Hall–Kier alpha value is -0.560. The number of rotatable bonds is 1. The lowest BCUT2D eigenvalue weighted by atomic mass is 9.77. The minimum Gasteiger partial charge on any atom is -0.299 e. The lowest BCUT2D eigenvalue weighted by molar-refractivity contribution is 0.0676. The van der Waals surface area contributed by atoms with Crippen molar-refractivity contribution >= 4 is 0 Å². The summed E-state index contributed by atoms with van der Waals surface area (Å²) >= 11 is 0. The van der Waals surface area contributed by atoms with Gasteiger partial charge in [-0.15, -0.1) is 6.58 Å². The first-order chi connectivity index (χ1) is 8.79. The van der Waals surface area contributed by atoms with Crippen LogP contribution in [0.25, 0.3) is 0 Å². The molecule has 0 amide bonds. The van der Waals surface area contributed by atoms with E-state index in [4.69, 9.17) is 0 Å². The van der Waals surface area contributed by atoms with Crippen molar-refractivity contribution in [1.82, 2.24) is 4.90 Å². The van der Waals surface area contributed by atoms with Crippen LogP contribution >= 0.6 is 0 Å². The first kappa shape index (κ1) is 12.5. The quantitative estimate of drug-likeness (QED) is 0.631. The molecular formula is C17H27N. The van der Waals surface area contributed by atoms with Crippen LogP contribution in [0, 0.1) is 17.8 Å². The predicted octanol–water partition coefficient (Wildman–Crippen LogP) is 4.02. The molecule has 3 aliphatic rings. The highest BCUT2D eigenvalue weighted by Crippen LogP contribution is 2.40. The van der Waals surface area contributed by atoms with Crippen molar-refractivity contribution in [3.05, 3.63) is 24.8 Å². The van der Waals surface area contributed by atoms with Gasteiger partial charge in [-0.3, -0.25) is 4.90 Å². The lowest BCUT2D eigenvalue weighted by Crippen LogP contribution is -2.48. The molecule has 0 spiro atoms. The summed E-state index contributed by atoms with van der Waals surface area (Å²) in [6.07, 6.45) is 17.1.